The van der Waals surface area contributed by atoms with E-state index in [9.17, 15) is 0 Å². The van der Waals surface area contributed by atoms with E-state index in [0.29, 0.717) is 59.5 Å². The van der Waals surface area contributed by atoms with E-state index in [2.05, 4.69) is 17.4 Å². The number of aromatic nitrogens is 2. The maximum Gasteiger partial charge on any atom is 0.109 e. The molecule has 0 atom stereocenters. The van der Waals surface area contributed by atoms with E-state index in [-0.39, 0.29) is 0 Å². The van der Waals surface area contributed by atoms with Gasteiger partial charge in [0.2, 0.25) is 0 Å². The summed E-state index contributed by atoms with van der Waals surface area (Å²) in [6, 6.07) is 5.89. The molecule has 0 saturated heterocycles. The van der Waals surface area contributed by atoms with Gasteiger partial charge in [-0.25, -0.2) is 4.98 Å². The molecule has 0 aliphatic heterocycles. The molecule has 0 unspecified atom stereocenters. The molecule has 0 radical (unpaired) electrons. The smallest absolute Gasteiger partial charge is 0.109 e. The van der Waals surface area contributed by atoms with Gasteiger partial charge in [0.25, 0.3) is 0 Å². The van der Waals surface area contributed by atoms with Crippen molar-refractivity contribution >= 4 is 22.6 Å². The van der Waals surface area contributed by atoms with Crippen LogP contribution in [0, 0.1) is 12.3 Å². The number of terminal acetylenes is 1. The maximum atomic E-state index is 6.09. The van der Waals surface area contributed by atoms with Crippen LogP contribution in [-0.2, 0) is 36.6 Å². The van der Waals surface area contributed by atoms with Crippen LogP contribution < -0.4 is 0 Å². The molecule has 7 nitrogen and oxygen atoms in total. The number of imidazole rings is 1. The fourth-order valence-electron chi connectivity index (χ4n) is 3.16. The minimum Gasteiger partial charge on any atom is -0.379 e. The normalized spacial score (nSPS) is 11.3. The van der Waals surface area contributed by atoms with Gasteiger partial charge < -0.3 is 28.3 Å². The van der Waals surface area contributed by atoms with Crippen molar-refractivity contribution in [2.24, 2.45) is 0 Å². The van der Waals surface area contributed by atoms with Gasteiger partial charge in [0.05, 0.1) is 63.9 Å². The number of rotatable bonds is 19. The second-order valence-corrected chi connectivity index (χ2v) is 7.52. The number of halogens is 1. The third-order valence-corrected chi connectivity index (χ3v) is 4.93. The molecule has 1 aromatic heterocycles. The number of ether oxygens (including phenoxy) is 5. The third-order valence-electron chi connectivity index (χ3n) is 4.70. The molecule has 178 valence electrons. The zero-order valence-corrected chi connectivity index (χ0v) is 19.8. The van der Waals surface area contributed by atoms with Crippen LogP contribution in [0.25, 0.3) is 11.0 Å². The van der Waals surface area contributed by atoms with Gasteiger partial charge >= 0.3 is 0 Å². The predicted octanol–water partition coefficient (Wildman–Crippen LogP) is 3.75. The molecule has 0 aliphatic rings. The number of fused-ring (bicyclic) bond motifs is 1. The SMILES string of the molecule is C#CCOCCOCCOCCOCCOCCCCn1c(CC)nc2cc(Cl)ccc21. The maximum absolute atomic E-state index is 6.09. The molecular formula is C24H35ClN2O5. The first-order chi connectivity index (χ1) is 15.8. The molecule has 0 fully saturated rings. The Hall–Kier alpha value is -1.66. The molecule has 8 heteroatoms. The van der Waals surface area contributed by atoms with Crippen LogP contribution in [0.1, 0.15) is 25.6 Å². The lowest BCUT2D eigenvalue weighted by Crippen LogP contribution is -2.13. The van der Waals surface area contributed by atoms with Crippen LogP contribution in [0.4, 0.5) is 0 Å². The van der Waals surface area contributed by atoms with Crippen molar-refractivity contribution in [3.8, 4) is 12.3 Å². The van der Waals surface area contributed by atoms with E-state index in [1.54, 1.807) is 0 Å². The molecule has 2 rings (SSSR count). The van der Waals surface area contributed by atoms with Crippen molar-refractivity contribution in [1.29, 1.82) is 0 Å². The number of benzene rings is 1. The van der Waals surface area contributed by atoms with Gasteiger partial charge in [-0.2, -0.15) is 0 Å². The van der Waals surface area contributed by atoms with Crippen LogP contribution in [0.2, 0.25) is 5.02 Å². The fraction of sp³-hybridized carbons (Fsp3) is 0.625. The highest BCUT2D eigenvalue weighted by atomic mass is 35.5. The van der Waals surface area contributed by atoms with E-state index < -0.39 is 0 Å². The fourth-order valence-corrected chi connectivity index (χ4v) is 3.32. The Morgan fingerprint density at radius 3 is 2.06 bits per heavy atom. The van der Waals surface area contributed by atoms with Gasteiger partial charge in [-0.1, -0.05) is 24.4 Å². The van der Waals surface area contributed by atoms with Crippen molar-refractivity contribution < 1.29 is 23.7 Å². The first-order valence-electron chi connectivity index (χ1n) is 11.2. The lowest BCUT2D eigenvalue weighted by Gasteiger charge is -2.09. The summed E-state index contributed by atoms with van der Waals surface area (Å²) in [4.78, 5) is 4.69. The zero-order valence-electron chi connectivity index (χ0n) is 19.0. The molecule has 1 heterocycles. The Kier molecular flexibility index (Phi) is 14.0. The summed E-state index contributed by atoms with van der Waals surface area (Å²) in [5.41, 5.74) is 2.10. The minimum absolute atomic E-state index is 0.319. The van der Waals surface area contributed by atoms with Crippen LogP contribution in [-0.4, -0.2) is 75.6 Å². The molecule has 0 bridgehead atoms. The van der Waals surface area contributed by atoms with E-state index in [1.807, 2.05) is 18.2 Å². The first kappa shape index (κ1) is 26.6. The van der Waals surface area contributed by atoms with Crippen molar-refractivity contribution in [2.75, 3.05) is 66.1 Å². The Morgan fingerprint density at radius 2 is 1.47 bits per heavy atom. The van der Waals surface area contributed by atoms with Crippen LogP contribution in [0.3, 0.4) is 0 Å². The van der Waals surface area contributed by atoms with Crippen molar-refractivity contribution in [3.63, 3.8) is 0 Å². The molecular weight excluding hydrogens is 432 g/mol. The lowest BCUT2D eigenvalue weighted by molar-refractivity contribution is -0.00937. The number of nitrogens with zero attached hydrogens (tertiary/aromatic N) is 2. The minimum atomic E-state index is 0.319. The van der Waals surface area contributed by atoms with Gasteiger partial charge in [-0.05, 0) is 31.0 Å². The van der Waals surface area contributed by atoms with Crippen molar-refractivity contribution in [3.05, 3.63) is 29.0 Å². The van der Waals surface area contributed by atoms with Crippen molar-refractivity contribution in [2.45, 2.75) is 32.7 Å². The van der Waals surface area contributed by atoms with E-state index in [0.717, 1.165) is 54.3 Å². The summed E-state index contributed by atoms with van der Waals surface area (Å²) in [6.45, 7) is 8.44. The lowest BCUT2D eigenvalue weighted by atomic mass is 10.3. The Bertz CT molecular complexity index is 806. The summed E-state index contributed by atoms with van der Waals surface area (Å²) in [5.74, 6) is 3.50. The van der Waals surface area contributed by atoms with Gasteiger partial charge in [0, 0.05) is 24.6 Å². The van der Waals surface area contributed by atoms with Crippen LogP contribution in [0.15, 0.2) is 18.2 Å². The first-order valence-corrected chi connectivity index (χ1v) is 11.6. The predicted molar refractivity (Wildman–Crippen MR) is 126 cm³/mol. The quantitative estimate of drug-likeness (QED) is 0.232. The molecule has 0 N–H and O–H groups in total. The second-order valence-electron chi connectivity index (χ2n) is 7.08. The summed E-state index contributed by atoms with van der Waals surface area (Å²) in [6.07, 6.45) is 8.01. The Labute approximate surface area is 196 Å². The van der Waals surface area contributed by atoms with E-state index >= 15 is 0 Å². The number of hydrogen-bond donors (Lipinski definition) is 0. The average Bonchev–Trinajstić information content (AvgIpc) is 3.14. The highest BCUT2D eigenvalue weighted by Gasteiger charge is 2.09. The largest absolute Gasteiger partial charge is 0.379 e. The van der Waals surface area contributed by atoms with E-state index in [4.69, 9.17) is 46.7 Å². The third kappa shape index (κ3) is 10.3. The van der Waals surface area contributed by atoms with Gasteiger partial charge in [0.15, 0.2) is 0 Å². The Balaban J connectivity index is 1.40. The molecule has 0 aliphatic carbocycles. The second kappa shape index (κ2) is 16.9. The van der Waals surface area contributed by atoms with Gasteiger partial charge in [0.1, 0.15) is 12.4 Å². The van der Waals surface area contributed by atoms with Crippen LogP contribution >= 0.6 is 11.6 Å². The molecule has 1 aromatic carbocycles. The Morgan fingerprint density at radius 1 is 0.875 bits per heavy atom. The molecule has 2 aromatic rings. The summed E-state index contributed by atoms with van der Waals surface area (Å²) < 4.78 is 29.3. The van der Waals surface area contributed by atoms with Crippen LogP contribution in [0.5, 0.6) is 0 Å². The van der Waals surface area contributed by atoms with Gasteiger partial charge in [-0.3, -0.25) is 0 Å². The molecule has 0 amide bonds. The molecule has 0 spiro atoms. The molecule has 0 saturated carbocycles. The van der Waals surface area contributed by atoms with Gasteiger partial charge in [-0.15, -0.1) is 6.42 Å². The van der Waals surface area contributed by atoms with Crippen molar-refractivity contribution in [1.82, 2.24) is 9.55 Å². The highest BCUT2D eigenvalue weighted by molar-refractivity contribution is 6.31. The zero-order chi connectivity index (χ0) is 22.9. The highest BCUT2D eigenvalue weighted by Crippen LogP contribution is 2.21. The standard InChI is InChI=1S/C24H35ClN2O5/c1-3-10-28-12-14-30-16-18-32-19-17-31-15-13-29-11-6-5-9-27-23-8-7-21(25)20-22(23)26-24(27)4-2/h1,7-8,20H,4-6,9-19H2,2H3. The number of hydrogen-bond acceptors (Lipinski definition) is 6. The molecule has 32 heavy (non-hydrogen) atoms. The summed E-state index contributed by atoms with van der Waals surface area (Å²) >= 11 is 6.09. The monoisotopic (exact) mass is 466 g/mol. The average molecular weight is 467 g/mol. The van der Waals surface area contributed by atoms with E-state index in [1.165, 1.54) is 0 Å². The number of aryl methyl sites for hydroxylation is 2. The topological polar surface area (TPSA) is 64.0 Å². The summed E-state index contributed by atoms with van der Waals surface area (Å²) in [5, 5.41) is 0.722. The summed E-state index contributed by atoms with van der Waals surface area (Å²) in [7, 11) is 0. The number of unbranched alkanes of at least 4 members (excludes halogenated alkanes) is 1.